The standard InChI is InChI=1S/C23H24N4O4/c1-29-19-12-15(10-17-13-26-23(25)27-22(17)24)11-18(21(19)31-3)16-7-4-14(5-8-16)6-9-20(28)30-2/h4-9,11-13H,10H2,1-3H3,(H4,24,25,26,27). The molecule has 3 rings (SSSR count). The average molecular weight is 420 g/mol. The average Bonchev–Trinajstić information content (AvgIpc) is 2.79. The minimum Gasteiger partial charge on any atom is -0.493 e. The topological polar surface area (TPSA) is 123 Å². The van der Waals surface area contributed by atoms with Gasteiger partial charge in [-0.25, -0.2) is 9.78 Å². The lowest BCUT2D eigenvalue weighted by molar-refractivity contribution is -0.134. The van der Waals surface area contributed by atoms with Crippen molar-refractivity contribution < 1.29 is 19.0 Å². The molecule has 0 aliphatic carbocycles. The normalized spacial score (nSPS) is 10.8. The van der Waals surface area contributed by atoms with Crippen molar-refractivity contribution in [1.29, 1.82) is 0 Å². The maximum atomic E-state index is 11.3. The molecule has 160 valence electrons. The Labute approximate surface area is 180 Å². The number of nitrogens with two attached hydrogens (primary N) is 2. The number of benzene rings is 2. The van der Waals surface area contributed by atoms with E-state index in [9.17, 15) is 4.79 Å². The molecular weight excluding hydrogens is 396 g/mol. The molecule has 8 nitrogen and oxygen atoms in total. The number of hydrogen-bond donors (Lipinski definition) is 2. The van der Waals surface area contributed by atoms with E-state index in [0.717, 1.165) is 27.8 Å². The smallest absolute Gasteiger partial charge is 0.330 e. The zero-order chi connectivity index (χ0) is 22.4. The number of nitrogen functional groups attached to an aromatic ring is 2. The number of methoxy groups -OCH3 is 3. The highest BCUT2D eigenvalue weighted by Crippen LogP contribution is 2.40. The van der Waals surface area contributed by atoms with Gasteiger partial charge in [0.2, 0.25) is 5.95 Å². The number of esters is 1. The molecule has 0 unspecified atom stereocenters. The van der Waals surface area contributed by atoms with Crippen LogP contribution in [-0.2, 0) is 16.0 Å². The summed E-state index contributed by atoms with van der Waals surface area (Å²) in [4.78, 5) is 19.3. The zero-order valence-corrected chi connectivity index (χ0v) is 17.6. The van der Waals surface area contributed by atoms with Gasteiger partial charge in [-0.15, -0.1) is 0 Å². The number of hydrogen-bond acceptors (Lipinski definition) is 8. The van der Waals surface area contributed by atoms with Crippen LogP contribution < -0.4 is 20.9 Å². The number of aromatic nitrogens is 2. The molecule has 0 aliphatic rings. The molecule has 1 aromatic heterocycles. The number of rotatable bonds is 7. The monoisotopic (exact) mass is 420 g/mol. The van der Waals surface area contributed by atoms with Crippen LogP contribution in [0.15, 0.2) is 48.7 Å². The molecule has 4 N–H and O–H groups in total. The molecule has 0 saturated carbocycles. The second-order valence-corrected chi connectivity index (χ2v) is 6.67. The van der Waals surface area contributed by atoms with Crippen molar-refractivity contribution in [2.45, 2.75) is 6.42 Å². The van der Waals surface area contributed by atoms with Gasteiger partial charge in [-0.05, 0) is 34.9 Å². The Bertz CT molecular complexity index is 1110. The van der Waals surface area contributed by atoms with Gasteiger partial charge in [0.05, 0.1) is 21.3 Å². The number of anilines is 2. The molecular formula is C23H24N4O4. The number of nitrogens with zero attached hydrogens (tertiary/aromatic N) is 2. The first-order valence-corrected chi connectivity index (χ1v) is 9.43. The summed E-state index contributed by atoms with van der Waals surface area (Å²) in [5.41, 5.74) is 15.9. The second-order valence-electron chi connectivity index (χ2n) is 6.67. The van der Waals surface area contributed by atoms with E-state index in [1.807, 2.05) is 36.4 Å². The quantitative estimate of drug-likeness (QED) is 0.442. The van der Waals surface area contributed by atoms with Crippen molar-refractivity contribution in [3.8, 4) is 22.6 Å². The fraction of sp³-hybridized carbons (Fsp3) is 0.174. The van der Waals surface area contributed by atoms with Crippen molar-refractivity contribution in [1.82, 2.24) is 9.97 Å². The van der Waals surface area contributed by atoms with Gasteiger partial charge < -0.3 is 25.7 Å². The third kappa shape index (κ3) is 5.11. The van der Waals surface area contributed by atoms with Gasteiger partial charge in [0.1, 0.15) is 5.82 Å². The molecule has 8 heteroatoms. The van der Waals surface area contributed by atoms with Gasteiger partial charge in [-0.3, -0.25) is 0 Å². The van der Waals surface area contributed by atoms with E-state index < -0.39 is 5.97 Å². The highest BCUT2D eigenvalue weighted by atomic mass is 16.5. The molecule has 0 amide bonds. The van der Waals surface area contributed by atoms with Crippen LogP contribution in [0, 0.1) is 0 Å². The molecule has 0 radical (unpaired) electrons. The lowest BCUT2D eigenvalue weighted by Crippen LogP contribution is -2.04. The fourth-order valence-electron chi connectivity index (χ4n) is 3.13. The van der Waals surface area contributed by atoms with Gasteiger partial charge in [0, 0.05) is 29.8 Å². The summed E-state index contributed by atoms with van der Waals surface area (Å²) in [7, 11) is 4.53. The Balaban J connectivity index is 1.99. The number of carbonyl (C=O) groups excluding carboxylic acids is 1. The predicted molar refractivity (Wildman–Crippen MR) is 120 cm³/mol. The maximum Gasteiger partial charge on any atom is 0.330 e. The Morgan fingerprint density at radius 3 is 2.42 bits per heavy atom. The zero-order valence-electron chi connectivity index (χ0n) is 17.6. The Morgan fingerprint density at radius 1 is 1.06 bits per heavy atom. The van der Waals surface area contributed by atoms with Crippen molar-refractivity contribution in [3.05, 3.63) is 65.4 Å². The first-order valence-electron chi connectivity index (χ1n) is 9.43. The molecule has 31 heavy (non-hydrogen) atoms. The van der Waals surface area contributed by atoms with Crippen LogP contribution in [0.25, 0.3) is 17.2 Å². The van der Waals surface area contributed by atoms with Gasteiger partial charge in [-0.1, -0.05) is 24.3 Å². The SMILES string of the molecule is COC(=O)C=Cc1ccc(-c2cc(Cc3cnc(N)nc3N)cc(OC)c2OC)cc1. The van der Waals surface area contributed by atoms with Crippen LogP contribution in [0.4, 0.5) is 11.8 Å². The molecule has 0 bridgehead atoms. The Morgan fingerprint density at radius 2 is 1.81 bits per heavy atom. The molecule has 1 heterocycles. The summed E-state index contributed by atoms with van der Waals surface area (Å²) in [6.45, 7) is 0. The number of carbonyl (C=O) groups is 1. The molecule has 3 aromatic rings. The van der Waals surface area contributed by atoms with Gasteiger partial charge in [0.15, 0.2) is 11.5 Å². The van der Waals surface area contributed by atoms with E-state index in [0.29, 0.717) is 23.7 Å². The minimum atomic E-state index is -0.408. The molecule has 0 fully saturated rings. The van der Waals surface area contributed by atoms with Gasteiger partial charge in [0.25, 0.3) is 0 Å². The van der Waals surface area contributed by atoms with Crippen LogP contribution >= 0.6 is 0 Å². The van der Waals surface area contributed by atoms with Crippen LogP contribution in [0.1, 0.15) is 16.7 Å². The van der Waals surface area contributed by atoms with E-state index in [4.69, 9.17) is 20.9 Å². The first kappa shape index (κ1) is 21.6. The molecule has 0 atom stereocenters. The predicted octanol–water partition coefficient (Wildman–Crippen LogP) is 3.10. The Hall–Kier alpha value is -4.07. The van der Waals surface area contributed by atoms with Crippen LogP contribution in [-0.4, -0.2) is 37.3 Å². The highest BCUT2D eigenvalue weighted by molar-refractivity contribution is 5.87. The summed E-state index contributed by atoms with van der Waals surface area (Å²) < 4.78 is 15.8. The Kier molecular flexibility index (Phi) is 6.71. The van der Waals surface area contributed by atoms with Crippen LogP contribution in [0.2, 0.25) is 0 Å². The van der Waals surface area contributed by atoms with Crippen molar-refractivity contribution in [2.24, 2.45) is 0 Å². The van der Waals surface area contributed by atoms with Gasteiger partial charge >= 0.3 is 5.97 Å². The third-order valence-electron chi connectivity index (χ3n) is 4.68. The van der Waals surface area contributed by atoms with Crippen LogP contribution in [0.3, 0.4) is 0 Å². The largest absolute Gasteiger partial charge is 0.493 e. The summed E-state index contributed by atoms with van der Waals surface area (Å²) in [5.74, 6) is 1.28. The molecule has 0 aliphatic heterocycles. The van der Waals surface area contributed by atoms with Gasteiger partial charge in [-0.2, -0.15) is 4.98 Å². The number of ether oxygens (including phenoxy) is 3. The van der Waals surface area contributed by atoms with Crippen molar-refractivity contribution >= 4 is 23.8 Å². The molecule has 0 saturated heterocycles. The van der Waals surface area contributed by atoms with E-state index >= 15 is 0 Å². The summed E-state index contributed by atoms with van der Waals surface area (Å²) >= 11 is 0. The highest BCUT2D eigenvalue weighted by Gasteiger charge is 2.15. The summed E-state index contributed by atoms with van der Waals surface area (Å²) in [6.07, 6.45) is 5.18. The summed E-state index contributed by atoms with van der Waals surface area (Å²) in [6, 6.07) is 11.6. The third-order valence-corrected chi connectivity index (χ3v) is 4.68. The van der Waals surface area contributed by atoms with Crippen molar-refractivity contribution in [2.75, 3.05) is 32.8 Å². The van der Waals surface area contributed by atoms with E-state index in [2.05, 4.69) is 14.7 Å². The van der Waals surface area contributed by atoms with E-state index in [1.54, 1.807) is 26.5 Å². The molecule has 2 aromatic carbocycles. The first-order chi connectivity index (χ1) is 14.9. The second kappa shape index (κ2) is 9.62. The minimum absolute atomic E-state index is 0.135. The maximum absolute atomic E-state index is 11.3. The fourth-order valence-corrected chi connectivity index (χ4v) is 3.13. The lowest BCUT2D eigenvalue weighted by Gasteiger charge is -2.16. The van der Waals surface area contributed by atoms with E-state index in [-0.39, 0.29) is 5.95 Å². The lowest BCUT2D eigenvalue weighted by atomic mass is 9.97. The van der Waals surface area contributed by atoms with E-state index in [1.165, 1.54) is 13.2 Å². The molecule has 0 spiro atoms. The van der Waals surface area contributed by atoms with Crippen molar-refractivity contribution in [3.63, 3.8) is 0 Å². The van der Waals surface area contributed by atoms with Crippen LogP contribution in [0.5, 0.6) is 11.5 Å². The summed E-state index contributed by atoms with van der Waals surface area (Å²) in [5, 5.41) is 0.